The molecule has 104 valence electrons. The number of nitrogens with one attached hydrogen (secondary N) is 2. The highest BCUT2D eigenvalue weighted by Crippen LogP contribution is 2.18. The number of aromatic nitrogens is 2. The Hall–Kier alpha value is -1.80. The van der Waals surface area contributed by atoms with Gasteiger partial charge in [-0.2, -0.15) is 13.5 Å². The summed E-state index contributed by atoms with van der Waals surface area (Å²) in [7, 11) is -1.95. The summed E-state index contributed by atoms with van der Waals surface area (Å²) in [6.07, 6.45) is 3.08. The molecule has 0 amide bonds. The summed E-state index contributed by atoms with van der Waals surface area (Å²) in [5.74, 6) is 0.562. The van der Waals surface area contributed by atoms with Crippen molar-refractivity contribution in [2.75, 3.05) is 11.8 Å². The highest BCUT2D eigenvalue weighted by Gasteiger charge is 2.19. The Morgan fingerprint density at radius 2 is 2.21 bits per heavy atom. The zero-order chi connectivity index (χ0) is 13.9. The van der Waals surface area contributed by atoms with E-state index in [1.807, 2.05) is 6.92 Å². The van der Waals surface area contributed by atoms with Gasteiger partial charge < -0.3 is 9.73 Å². The van der Waals surface area contributed by atoms with Gasteiger partial charge in [0.1, 0.15) is 5.76 Å². The average Bonchev–Trinajstić information content (AvgIpc) is 2.98. The second-order valence-corrected chi connectivity index (χ2v) is 5.55. The topological polar surface area (TPSA) is 89.2 Å². The van der Waals surface area contributed by atoms with Gasteiger partial charge >= 0.3 is 0 Å². The van der Waals surface area contributed by atoms with Gasteiger partial charge in [0.15, 0.2) is 0 Å². The second-order valence-electron chi connectivity index (χ2n) is 3.94. The Morgan fingerprint density at radius 1 is 1.42 bits per heavy atom. The molecule has 19 heavy (non-hydrogen) atoms. The summed E-state index contributed by atoms with van der Waals surface area (Å²) >= 11 is 0. The lowest BCUT2D eigenvalue weighted by Crippen LogP contribution is -2.11. The van der Waals surface area contributed by atoms with E-state index in [1.54, 1.807) is 24.0 Å². The third kappa shape index (κ3) is 3.15. The zero-order valence-corrected chi connectivity index (χ0v) is 11.6. The number of anilines is 1. The predicted octanol–water partition coefficient (Wildman–Crippen LogP) is 1.02. The van der Waals surface area contributed by atoms with Crippen molar-refractivity contribution in [1.82, 2.24) is 15.1 Å². The van der Waals surface area contributed by atoms with Crippen LogP contribution in [0.1, 0.15) is 12.7 Å². The van der Waals surface area contributed by atoms with E-state index in [0.29, 0.717) is 24.5 Å². The molecule has 0 saturated heterocycles. The third-order valence-electron chi connectivity index (χ3n) is 2.46. The van der Waals surface area contributed by atoms with Crippen LogP contribution >= 0.6 is 0 Å². The molecule has 8 heteroatoms. The quantitative estimate of drug-likeness (QED) is 0.826. The van der Waals surface area contributed by atoms with Gasteiger partial charge in [0.25, 0.3) is 10.0 Å². The smallest absolute Gasteiger partial charge is 0.295 e. The molecule has 0 aliphatic carbocycles. The van der Waals surface area contributed by atoms with Gasteiger partial charge in [0, 0.05) is 12.7 Å². The van der Waals surface area contributed by atoms with Crippen LogP contribution in [-0.2, 0) is 23.1 Å². The monoisotopic (exact) mass is 284 g/mol. The maximum atomic E-state index is 12.1. The third-order valence-corrected chi connectivity index (χ3v) is 3.72. The SMILES string of the molecule is CCn1cc(NS(=O)(=O)c2ccc(CNC)o2)cn1. The molecular formula is C11H16N4O3S. The molecule has 0 atom stereocenters. The van der Waals surface area contributed by atoms with Gasteiger partial charge in [-0.1, -0.05) is 0 Å². The van der Waals surface area contributed by atoms with E-state index in [4.69, 9.17) is 4.42 Å². The van der Waals surface area contributed by atoms with Gasteiger partial charge in [0.2, 0.25) is 5.09 Å². The Bertz CT molecular complexity index is 644. The second kappa shape index (κ2) is 5.45. The van der Waals surface area contributed by atoms with Crippen molar-refractivity contribution in [3.63, 3.8) is 0 Å². The van der Waals surface area contributed by atoms with Crippen molar-refractivity contribution in [3.8, 4) is 0 Å². The molecule has 2 heterocycles. The molecule has 0 bridgehead atoms. The molecule has 2 rings (SSSR count). The number of hydrogen-bond acceptors (Lipinski definition) is 5. The van der Waals surface area contributed by atoms with Gasteiger partial charge in [0.05, 0.1) is 18.4 Å². The zero-order valence-electron chi connectivity index (χ0n) is 10.8. The molecule has 2 aromatic heterocycles. The van der Waals surface area contributed by atoms with Crippen molar-refractivity contribution in [3.05, 3.63) is 30.3 Å². The Labute approximate surface area is 111 Å². The van der Waals surface area contributed by atoms with Crippen molar-refractivity contribution in [2.24, 2.45) is 0 Å². The van der Waals surface area contributed by atoms with Gasteiger partial charge in [-0.25, -0.2) is 0 Å². The summed E-state index contributed by atoms with van der Waals surface area (Å²) in [5.41, 5.74) is 0.411. The first kappa shape index (κ1) is 13.6. The number of rotatable bonds is 6. The molecular weight excluding hydrogens is 268 g/mol. The van der Waals surface area contributed by atoms with Crippen molar-refractivity contribution >= 4 is 15.7 Å². The summed E-state index contributed by atoms with van der Waals surface area (Å²) in [4.78, 5) is 0. The van der Waals surface area contributed by atoms with Crippen LogP contribution in [0, 0.1) is 0 Å². The number of sulfonamides is 1. The van der Waals surface area contributed by atoms with Crippen LogP contribution in [-0.4, -0.2) is 25.2 Å². The number of aryl methyl sites for hydroxylation is 1. The maximum absolute atomic E-state index is 12.1. The van der Waals surface area contributed by atoms with Gasteiger partial charge in [-0.05, 0) is 26.1 Å². The molecule has 0 radical (unpaired) electrons. The normalized spacial score (nSPS) is 11.7. The molecule has 0 aliphatic heterocycles. The van der Waals surface area contributed by atoms with E-state index in [0.717, 1.165) is 0 Å². The molecule has 0 unspecified atom stereocenters. The minimum absolute atomic E-state index is 0.109. The van der Waals surface area contributed by atoms with Crippen molar-refractivity contribution in [2.45, 2.75) is 25.1 Å². The van der Waals surface area contributed by atoms with E-state index >= 15 is 0 Å². The first-order chi connectivity index (χ1) is 9.05. The molecule has 0 fully saturated rings. The maximum Gasteiger partial charge on any atom is 0.295 e. The van der Waals surface area contributed by atoms with E-state index in [1.165, 1.54) is 12.3 Å². The first-order valence-electron chi connectivity index (χ1n) is 5.83. The molecule has 0 aliphatic rings. The van der Waals surface area contributed by atoms with Crippen LogP contribution in [0.4, 0.5) is 5.69 Å². The lowest BCUT2D eigenvalue weighted by molar-refractivity contribution is 0.408. The van der Waals surface area contributed by atoms with Gasteiger partial charge in [-0.3, -0.25) is 9.40 Å². The number of nitrogens with zero attached hydrogens (tertiary/aromatic N) is 2. The van der Waals surface area contributed by atoms with E-state index < -0.39 is 10.0 Å². The average molecular weight is 284 g/mol. The van der Waals surface area contributed by atoms with Crippen molar-refractivity contribution in [1.29, 1.82) is 0 Å². The van der Waals surface area contributed by atoms with Gasteiger partial charge in [-0.15, -0.1) is 0 Å². The molecule has 0 spiro atoms. The molecule has 7 nitrogen and oxygen atoms in total. The van der Waals surface area contributed by atoms with E-state index in [-0.39, 0.29) is 5.09 Å². The fourth-order valence-corrected chi connectivity index (χ4v) is 2.55. The molecule has 2 N–H and O–H groups in total. The minimum Gasteiger partial charge on any atom is -0.446 e. The van der Waals surface area contributed by atoms with Crippen molar-refractivity contribution < 1.29 is 12.8 Å². The summed E-state index contributed by atoms with van der Waals surface area (Å²) in [6.45, 7) is 3.07. The first-order valence-corrected chi connectivity index (χ1v) is 7.32. The van der Waals surface area contributed by atoms with Crippen LogP contribution in [0.5, 0.6) is 0 Å². The van der Waals surface area contributed by atoms with E-state index in [2.05, 4.69) is 15.1 Å². The molecule has 2 aromatic rings. The minimum atomic E-state index is -3.70. The number of hydrogen-bond donors (Lipinski definition) is 2. The van der Waals surface area contributed by atoms with Crippen LogP contribution < -0.4 is 10.0 Å². The standard InChI is InChI=1S/C11H16N4O3S/c1-3-15-8-9(6-13-15)14-19(16,17)11-5-4-10(18-11)7-12-2/h4-6,8,12,14H,3,7H2,1-2H3. The predicted molar refractivity (Wildman–Crippen MR) is 70.2 cm³/mol. The van der Waals surface area contributed by atoms with Crippen LogP contribution in [0.25, 0.3) is 0 Å². The Morgan fingerprint density at radius 3 is 2.84 bits per heavy atom. The summed E-state index contributed by atoms with van der Waals surface area (Å²) in [6, 6.07) is 3.06. The largest absolute Gasteiger partial charge is 0.446 e. The summed E-state index contributed by atoms with van der Waals surface area (Å²) in [5, 5.41) is 6.77. The molecule has 0 saturated carbocycles. The Balaban J connectivity index is 2.16. The molecule has 0 aromatic carbocycles. The fourth-order valence-electron chi connectivity index (χ4n) is 1.57. The summed E-state index contributed by atoms with van der Waals surface area (Å²) < 4.78 is 33.4. The van der Waals surface area contributed by atoms with Crippen LogP contribution in [0.2, 0.25) is 0 Å². The van der Waals surface area contributed by atoms with Crippen LogP contribution in [0.3, 0.4) is 0 Å². The number of furan rings is 1. The Kier molecular flexibility index (Phi) is 3.91. The highest BCUT2D eigenvalue weighted by atomic mass is 32.2. The lowest BCUT2D eigenvalue weighted by Gasteiger charge is -2.02. The van der Waals surface area contributed by atoms with E-state index in [9.17, 15) is 8.42 Å². The lowest BCUT2D eigenvalue weighted by atomic mass is 10.4. The fraction of sp³-hybridized carbons (Fsp3) is 0.364. The highest BCUT2D eigenvalue weighted by molar-refractivity contribution is 7.92. The van der Waals surface area contributed by atoms with Crippen LogP contribution in [0.15, 0.2) is 34.0 Å².